The second-order valence-corrected chi connectivity index (χ2v) is 16.4. The number of carboxylic acid groups (broad SMARTS) is 1. The van der Waals surface area contributed by atoms with E-state index >= 15 is 0 Å². The van der Waals surface area contributed by atoms with Gasteiger partial charge in [0.2, 0.25) is 0 Å². The molecule has 0 saturated heterocycles. The smallest absolute Gasteiger partial charge is 0.324 e. The predicted octanol–water partition coefficient (Wildman–Crippen LogP) is 8.08. The van der Waals surface area contributed by atoms with Crippen molar-refractivity contribution in [1.82, 2.24) is 3.53 Å². The zero-order valence-corrected chi connectivity index (χ0v) is 30.6. The first-order valence-electron chi connectivity index (χ1n) is 17.9. The molecule has 2 aromatic rings. The van der Waals surface area contributed by atoms with Gasteiger partial charge in [0.15, 0.2) is 0 Å². The number of carbonyl (C=O) groups excluding carboxylic acids is 1. The maximum atomic E-state index is 13.4. The van der Waals surface area contributed by atoms with Gasteiger partial charge < -0.3 is 24.8 Å². The Morgan fingerprint density at radius 3 is 2.31 bits per heavy atom. The second kappa shape index (κ2) is 14.5. The van der Waals surface area contributed by atoms with Crippen LogP contribution < -0.4 is 8.27 Å². The minimum atomic E-state index is -0.733. The van der Waals surface area contributed by atoms with E-state index in [1.54, 1.807) is 24.3 Å². The van der Waals surface area contributed by atoms with E-state index in [9.17, 15) is 24.9 Å². The van der Waals surface area contributed by atoms with Crippen molar-refractivity contribution in [2.45, 2.75) is 110 Å². The molecule has 0 unspecified atom stereocenters. The van der Waals surface area contributed by atoms with Crippen molar-refractivity contribution in [3.63, 3.8) is 0 Å². The SMILES string of the molecule is C[C@H](CCC(=O)O)[C@H]1CC[C@H]2[C@@H]3CC[C@@H]4C[C@H](OC(=O)[C@H](Cc5ccc(Oc6ccc(O)cc6)cc5)NI)CC[C@]4(C)[C@H]3C[C@H](O)[C@]12C. The normalized spacial score (nSPS) is 35.4. The fourth-order valence-corrected chi connectivity index (χ4v) is 11.3. The minimum Gasteiger partial charge on any atom is -0.508 e. The molecule has 0 heterocycles. The Morgan fingerprint density at radius 2 is 1.65 bits per heavy atom. The Morgan fingerprint density at radius 1 is 0.958 bits per heavy atom. The predicted molar refractivity (Wildman–Crippen MR) is 192 cm³/mol. The van der Waals surface area contributed by atoms with E-state index in [2.05, 4.69) is 24.3 Å². The first-order chi connectivity index (χ1) is 22.9. The first-order valence-corrected chi connectivity index (χ1v) is 19.0. The van der Waals surface area contributed by atoms with E-state index < -0.39 is 12.0 Å². The molecule has 2 aromatic carbocycles. The van der Waals surface area contributed by atoms with Crippen molar-refractivity contribution in [3.05, 3.63) is 54.1 Å². The van der Waals surface area contributed by atoms with Crippen LogP contribution in [-0.2, 0) is 20.7 Å². The molecule has 4 aliphatic carbocycles. The quantitative estimate of drug-likeness (QED) is 0.103. The number of phenolic OH excluding ortho intramolecular Hbond substituents is 1. The standard InChI is InChI=1S/C39H52INO7/c1-23(4-17-36(44)45)31-15-16-32-30-14-7-25-21-29(18-19-38(25,2)33(30)22-35(43)39(31,32)3)48-37(46)34(41-40)20-24-5-10-27(11-6-24)47-28-12-8-26(42)9-13-28/h5-6,8-13,23,25,29-35,41-43H,4,7,14-22H2,1-3H3,(H,44,45)/t23-,25-,29-,30+,31-,32+,33+,34+,35+,38+,39-/m1/s1. The fourth-order valence-electron chi connectivity index (χ4n) is 10.8. The van der Waals surface area contributed by atoms with E-state index in [-0.39, 0.29) is 41.2 Å². The van der Waals surface area contributed by atoms with Crippen LogP contribution in [0.4, 0.5) is 0 Å². The Bertz CT molecular complexity index is 1430. The molecular weight excluding hydrogens is 721 g/mol. The highest BCUT2D eigenvalue weighted by molar-refractivity contribution is 14.1. The van der Waals surface area contributed by atoms with Crippen LogP contribution >= 0.6 is 22.9 Å². The lowest BCUT2D eigenvalue weighted by Crippen LogP contribution is -2.59. The molecular formula is C39H52INO7. The van der Waals surface area contributed by atoms with Crippen LogP contribution in [0.2, 0.25) is 0 Å². The molecule has 9 heteroatoms. The Kier molecular flexibility index (Phi) is 10.7. The van der Waals surface area contributed by atoms with Gasteiger partial charge in [-0.25, -0.2) is 3.53 Å². The van der Waals surface area contributed by atoms with Gasteiger partial charge in [0.25, 0.3) is 0 Å². The number of hydrogen-bond donors (Lipinski definition) is 4. The summed E-state index contributed by atoms with van der Waals surface area (Å²) in [5.74, 6) is 3.25. The van der Waals surface area contributed by atoms with Gasteiger partial charge in [0, 0.05) is 29.3 Å². The molecule has 0 radical (unpaired) electrons. The van der Waals surface area contributed by atoms with E-state index in [0.717, 1.165) is 50.5 Å². The van der Waals surface area contributed by atoms with Gasteiger partial charge in [-0.05, 0) is 153 Å². The third-order valence-electron chi connectivity index (χ3n) is 13.4. The molecule has 0 aromatic heterocycles. The summed E-state index contributed by atoms with van der Waals surface area (Å²) in [6.07, 6.45) is 9.04. The zero-order chi connectivity index (χ0) is 34.2. The number of fused-ring (bicyclic) bond motifs is 5. The number of ether oxygens (including phenoxy) is 2. The molecule has 6 rings (SSSR count). The van der Waals surface area contributed by atoms with Crippen molar-refractivity contribution >= 4 is 34.8 Å². The van der Waals surface area contributed by atoms with Crippen LogP contribution in [0.5, 0.6) is 17.2 Å². The molecule has 0 aliphatic heterocycles. The number of rotatable bonds is 11. The summed E-state index contributed by atoms with van der Waals surface area (Å²) in [6.45, 7) is 6.97. The Balaban J connectivity index is 1.04. The van der Waals surface area contributed by atoms with E-state index in [1.165, 1.54) is 6.42 Å². The van der Waals surface area contributed by atoms with E-state index in [0.29, 0.717) is 59.8 Å². The number of nitrogens with one attached hydrogen (secondary N) is 1. The zero-order valence-electron chi connectivity index (χ0n) is 28.4. The molecule has 0 bridgehead atoms. The monoisotopic (exact) mass is 773 g/mol. The lowest BCUT2D eigenvalue weighted by Gasteiger charge is -2.62. The topological polar surface area (TPSA) is 125 Å². The molecule has 0 spiro atoms. The van der Waals surface area contributed by atoms with Gasteiger partial charge in [0.05, 0.1) is 6.10 Å². The number of esters is 1. The molecule has 4 aliphatic rings. The lowest BCUT2D eigenvalue weighted by atomic mass is 9.43. The molecule has 8 nitrogen and oxygen atoms in total. The van der Waals surface area contributed by atoms with E-state index in [1.807, 2.05) is 47.1 Å². The van der Waals surface area contributed by atoms with Gasteiger partial charge in [0.1, 0.15) is 29.4 Å². The number of carbonyl (C=O) groups is 2. The number of aliphatic hydroxyl groups is 1. The maximum absolute atomic E-state index is 13.4. The number of benzene rings is 2. The van der Waals surface area contributed by atoms with Crippen molar-refractivity contribution in [2.24, 2.45) is 46.3 Å². The number of aliphatic hydroxyl groups excluding tert-OH is 1. The number of carboxylic acids is 1. The van der Waals surface area contributed by atoms with Gasteiger partial charge in [-0.2, -0.15) is 0 Å². The Hall–Kier alpha value is -2.37. The van der Waals surface area contributed by atoms with Crippen LogP contribution in [-0.4, -0.2) is 45.5 Å². The van der Waals surface area contributed by atoms with Crippen LogP contribution in [0.3, 0.4) is 0 Å². The summed E-state index contributed by atoms with van der Waals surface area (Å²) in [5.41, 5.74) is 0.991. The maximum Gasteiger partial charge on any atom is 0.324 e. The summed E-state index contributed by atoms with van der Waals surface area (Å²) < 4.78 is 15.2. The number of phenols is 1. The van der Waals surface area contributed by atoms with E-state index in [4.69, 9.17) is 9.47 Å². The average Bonchev–Trinajstić information content (AvgIpc) is 3.43. The van der Waals surface area contributed by atoms with Gasteiger partial charge in [-0.3, -0.25) is 9.59 Å². The number of aliphatic carboxylic acids is 1. The highest BCUT2D eigenvalue weighted by atomic mass is 127. The van der Waals surface area contributed by atoms with Crippen molar-refractivity contribution in [1.29, 1.82) is 0 Å². The third-order valence-corrected chi connectivity index (χ3v) is 14.2. The molecule has 4 N–H and O–H groups in total. The average molecular weight is 774 g/mol. The number of halogens is 1. The Labute approximate surface area is 298 Å². The highest BCUT2D eigenvalue weighted by Crippen LogP contribution is 2.68. The number of aromatic hydroxyl groups is 1. The highest BCUT2D eigenvalue weighted by Gasteiger charge is 2.63. The van der Waals surface area contributed by atoms with Crippen molar-refractivity contribution in [2.75, 3.05) is 0 Å². The van der Waals surface area contributed by atoms with Crippen LogP contribution in [0.1, 0.15) is 90.5 Å². The summed E-state index contributed by atoms with van der Waals surface area (Å²) >= 11 is 2.04. The minimum absolute atomic E-state index is 0.0924. The van der Waals surface area contributed by atoms with Crippen LogP contribution in [0.25, 0.3) is 0 Å². The lowest BCUT2D eigenvalue weighted by molar-refractivity contribution is -0.182. The van der Waals surface area contributed by atoms with Crippen molar-refractivity contribution in [3.8, 4) is 17.2 Å². The molecule has 48 heavy (non-hydrogen) atoms. The molecule has 4 saturated carbocycles. The fraction of sp³-hybridized carbons (Fsp3) is 0.641. The molecule has 0 amide bonds. The van der Waals surface area contributed by atoms with Crippen LogP contribution in [0, 0.1) is 46.3 Å². The molecule has 11 atom stereocenters. The largest absolute Gasteiger partial charge is 0.508 e. The van der Waals surface area contributed by atoms with Crippen molar-refractivity contribution < 1.29 is 34.4 Å². The van der Waals surface area contributed by atoms with Gasteiger partial charge >= 0.3 is 11.9 Å². The summed E-state index contributed by atoms with van der Waals surface area (Å²) in [6, 6.07) is 13.8. The van der Waals surface area contributed by atoms with Crippen LogP contribution in [0.15, 0.2) is 48.5 Å². The second-order valence-electron chi connectivity index (χ2n) is 15.8. The van der Waals surface area contributed by atoms with Gasteiger partial charge in [-0.15, -0.1) is 0 Å². The summed E-state index contributed by atoms with van der Waals surface area (Å²) in [7, 11) is 0. The third kappa shape index (κ3) is 6.97. The first kappa shape index (κ1) is 35.5. The number of hydrogen-bond acceptors (Lipinski definition) is 7. The molecule has 4 fully saturated rings. The summed E-state index contributed by atoms with van der Waals surface area (Å²) in [4.78, 5) is 24.7. The summed E-state index contributed by atoms with van der Waals surface area (Å²) in [5, 5.41) is 30.6. The van der Waals surface area contributed by atoms with Gasteiger partial charge in [-0.1, -0.05) is 32.9 Å². The molecule has 262 valence electrons.